The Morgan fingerprint density at radius 3 is 2.65 bits per heavy atom. The zero-order valence-corrected chi connectivity index (χ0v) is 12.1. The Bertz CT molecular complexity index is 425. The van der Waals surface area contributed by atoms with E-state index in [9.17, 15) is 9.90 Å². The number of carbonyl (C=O) groups is 1. The number of carbonyl (C=O) groups excluding carboxylic acids is 1. The number of aryl methyl sites for hydroxylation is 1. The minimum absolute atomic E-state index is 0. The molecule has 0 saturated carbocycles. The number of morpholine rings is 1. The van der Waals surface area contributed by atoms with E-state index in [2.05, 4.69) is 0 Å². The van der Waals surface area contributed by atoms with Gasteiger partial charge in [0.15, 0.2) is 0 Å². The third-order valence-corrected chi connectivity index (χ3v) is 3.27. The first-order valence-corrected chi connectivity index (χ1v) is 6.56. The summed E-state index contributed by atoms with van der Waals surface area (Å²) in [5.41, 5.74) is 7.40. The summed E-state index contributed by atoms with van der Waals surface area (Å²) < 4.78 is 5.10. The number of rotatable bonds is 5. The lowest BCUT2D eigenvalue weighted by Gasteiger charge is -2.26. The highest BCUT2D eigenvalue weighted by atomic mass is 35.5. The molecule has 1 amide bonds. The van der Waals surface area contributed by atoms with E-state index >= 15 is 0 Å². The molecule has 1 heterocycles. The van der Waals surface area contributed by atoms with E-state index in [4.69, 9.17) is 10.5 Å². The number of hydrogen-bond acceptors (Lipinski definition) is 4. The number of aliphatic hydroxyl groups is 1. The van der Waals surface area contributed by atoms with E-state index in [1.165, 1.54) is 0 Å². The second-order valence-corrected chi connectivity index (χ2v) is 4.69. The smallest absolute Gasteiger partial charge is 0.253 e. The Kier molecular flexibility index (Phi) is 6.95. The topological polar surface area (TPSA) is 75.8 Å². The molecule has 6 heteroatoms. The van der Waals surface area contributed by atoms with Crippen LogP contribution < -0.4 is 10.6 Å². The standard InChI is InChI=1S/C14H20N2O3.ClH/c15-9-13(17)6-3-11-1-4-12(5-2-11)16-7-8-19-10-14(16)18;/h1-2,4-5,13,17H,3,6-10,15H2;1H/t13-;/m1./s1. The van der Waals surface area contributed by atoms with Gasteiger partial charge >= 0.3 is 0 Å². The van der Waals surface area contributed by atoms with Crippen molar-refractivity contribution in [3.63, 3.8) is 0 Å². The number of ether oxygens (including phenoxy) is 1. The number of hydrogen-bond donors (Lipinski definition) is 2. The van der Waals surface area contributed by atoms with Gasteiger partial charge in [0.05, 0.1) is 12.7 Å². The number of amides is 1. The van der Waals surface area contributed by atoms with Gasteiger partial charge in [0.2, 0.25) is 0 Å². The maximum absolute atomic E-state index is 11.7. The minimum atomic E-state index is -0.444. The number of benzene rings is 1. The van der Waals surface area contributed by atoms with Crippen LogP contribution in [-0.2, 0) is 16.0 Å². The van der Waals surface area contributed by atoms with E-state index in [-0.39, 0.29) is 24.9 Å². The molecule has 1 aliphatic heterocycles. The van der Waals surface area contributed by atoms with Crippen molar-refractivity contribution in [2.45, 2.75) is 18.9 Å². The average molecular weight is 301 g/mol. The van der Waals surface area contributed by atoms with Gasteiger partial charge in [-0.1, -0.05) is 12.1 Å². The van der Waals surface area contributed by atoms with Gasteiger partial charge in [-0.25, -0.2) is 0 Å². The lowest BCUT2D eigenvalue weighted by molar-refractivity contribution is -0.125. The summed E-state index contributed by atoms with van der Waals surface area (Å²) in [6, 6.07) is 7.85. The van der Waals surface area contributed by atoms with Crippen molar-refractivity contribution in [3.8, 4) is 0 Å². The summed E-state index contributed by atoms with van der Waals surface area (Å²) in [5, 5.41) is 9.42. The maximum atomic E-state index is 11.7. The molecule has 0 aliphatic carbocycles. The SMILES string of the molecule is Cl.NC[C@H](O)CCc1ccc(N2CCOCC2=O)cc1. The summed E-state index contributed by atoms with van der Waals surface area (Å²) >= 11 is 0. The molecular formula is C14H21ClN2O3. The van der Waals surface area contributed by atoms with Gasteiger partial charge < -0.3 is 20.5 Å². The fourth-order valence-electron chi connectivity index (χ4n) is 2.08. The first-order chi connectivity index (χ1) is 9.20. The largest absolute Gasteiger partial charge is 0.392 e. The highest BCUT2D eigenvalue weighted by Gasteiger charge is 2.19. The van der Waals surface area contributed by atoms with Gasteiger partial charge in [0, 0.05) is 18.8 Å². The molecule has 1 aromatic carbocycles. The van der Waals surface area contributed by atoms with Crippen LogP contribution >= 0.6 is 12.4 Å². The Balaban J connectivity index is 0.00000200. The van der Waals surface area contributed by atoms with E-state index in [1.54, 1.807) is 4.90 Å². The Hall–Kier alpha value is -1.14. The summed E-state index contributed by atoms with van der Waals surface area (Å²) in [6.45, 7) is 1.63. The molecule has 3 N–H and O–H groups in total. The molecule has 1 fully saturated rings. The van der Waals surface area contributed by atoms with Crippen LogP contribution in [0.15, 0.2) is 24.3 Å². The van der Waals surface area contributed by atoms with Crippen LogP contribution in [0.3, 0.4) is 0 Å². The van der Waals surface area contributed by atoms with Gasteiger partial charge in [0.1, 0.15) is 6.61 Å². The Morgan fingerprint density at radius 2 is 2.05 bits per heavy atom. The lowest BCUT2D eigenvalue weighted by Crippen LogP contribution is -2.41. The zero-order chi connectivity index (χ0) is 13.7. The van der Waals surface area contributed by atoms with E-state index in [0.717, 1.165) is 17.7 Å². The molecule has 0 spiro atoms. The highest BCUT2D eigenvalue weighted by molar-refractivity contribution is 5.94. The fraction of sp³-hybridized carbons (Fsp3) is 0.500. The molecule has 0 unspecified atom stereocenters. The molecule has 0 bridgehead atoms. The van der Waals surface area contributed by atoms with Gasteiger partial charge in [-0.15, -0.1) is 12.4 Å². The predicted molar refractivity (Wildman–Crippen MR) is 80.2 cm³/mol. The fourth-order valence-corrected chi connectivity index (χ4v) is 2.08. The van der Waals surface area contributed by atoms with Crippen molar-refractivity contribution >= 4 is 24.0 Å². The van der Waals surface area contributed by atoms with Gasteiger partial charge in [-0.05, 0) is 30.5 Å². The number of aliphatic hydroxyl groups excluding tert-OH is 1. The normalized spacial score (nSPS) is 16.7. The van der Waals surface area contributed by atoms with Gasteiger partial charge in [-0.2, -0.15) is 0 Å². The summed E-state index contributed by atoms with van der Waals surface area (Å²) in [6.07, 6.45) is 1.00. The molecule has 0 radical (unpaired) electrons. The monoisotopic (exact) mass is 300 g/mol. The van der Waals surface area contributed by atoms with Crippen LogP contribution in [0.25, 0.3) is 0 Å². The highest BCUT2D eigenvalue weighted by Crippen LogP contribution is 2.18. The summed E-state index contributed by atoms with van der Waals surface area (Å²) in [4.78, 5) is 13.4. The molecule has 1 aromatic rings. The third kappa shape index (κ3) is 4.45. The number of nitrogens with zero attached hydrogens (tertiary/aromatic N) is 1. The number of halogens is 1. The molecule has 1 saturated heterocycles. The quantitative estimate of drug-likeness (QED) is 0.840. The molecule has 0 aromatic heterocycles. The second kappa shape index (κ2) is 8.21. The molecule has 5 nitrogen and oxygen atoms in total. The predicted octanol–water partition coefficient (Wildman–Crippen LogP) is 0.724. The van der Waals surface area contributed by atoms with Crippen molar-refractivity contribution in [2.24, 2.45) is 5.73 Å². The molecule has 2 rings (SSSR count). The summed E-state index contributed by atoms with van der Waals surface area (Å²) in [5.74, 6) is -0.00226. The van der Waals surface area contributed by atoms with Crippen molar-refractivity contribution in [1.29, 1.82) is 0 Å². The maximum Gasteiger partial charge on any atom is 0.253 e. The van der Waals surface area contributed by atoms with Crippen LogP contribution in [0.5, 0.6) is 0 Å². The van der Waals surface area contributed by atoms with Gasteiger partial charge in [0.25, 0.3) is 5.91 Å². The number of nitrogens with two attached hydrogens (primary N) is 1. The summed E-state index contributed by atoms with van der Waals surface area (Å²) in [7, 11) is 0. The molecule has 112 valence electrons. The van der Waals surface area contributed by atoms with Gasteiger partial charge in [-0.3, -0.25) is 4.79 Å². The second-order valence-electron chi connectivity index (χ2n) is 4.69. The van der Waals surface area contributed by atoms with E-state index < -0.39 is 6.10 Å². The van der Waals surface area contributed by atoms with Crippen LogP contribution in [0.2, 0.25) is 0 Å². The van der Waals surface area contributed by atoms with Crippen molar-refractivity contribution < 1.29 is 14.6 Å². The van der Waals surface area contributed by atoms with Crippen molar-refractivity contribution in [3.05, 3.63) is 29.8 Å². The van der Waals surface area contributed by atoms with Crippen LogP contribution in [0.4, 0.5) is 5.69 Å². The van der Waals surface area contributed by atoms with E-state index in [0.29, 0.717) is 26.1 Å². The molecular weight excluding hydrogens is 280 g/mol. The van der Waals surface area contributed by atoms with E-state index in [1.807, 2.05) is 24.3 Å². The lowest BCUT2D eigenvalue weighted by atomic mass is 10.1. The van der Waals surface area contributed by atoms with Crippen molar-refractivity contribution in [1.82, 2.24) is 0 Å². The average Bonchev–Trinajstić information content (AvgIpc) is 2.46. The Labute approximate surface area is 125 Å². The van der Waals surface area contributed by atoms with Crippen LogP contribution in [-0.4, -0.2) is 43.4 Å². The molecule has 1 aliphatic rings. The van der Waals surface area contributed by atoms with Crippen molar-refractivity contribution in [2.75, 3.05) is 31.2 Å². The van der Waals surface area contributed by atoms with Crippen LogP contribution in [0.1, 0.15) is 12.0 Å². The van der Waals surface area contributed by atoms with Crippen LogP contribution in [0, 0.1) is 0 Å². The zero-order valence-electron chi connectivity index (χ0n) is 11.3. The minimum Gasteiger partial charge on any atom is -0.392 e. The Morgan fingerprint density at radius 1 is 1.35 bits per heavy atom. The molecule has 20 heavy (non-hydrogen) atoms. The first kappa shape index (κ1) is 16.9. The third-order valence-electron chi connectivity index (χ3n) is 3.27. The number of anilines is 1. The molecule has 1 atom stereocenters. The first-order valence-electron chi connectivity index (χ1n) is 6.56.